The molecule has 62 valence electrons. The Morgan fingerprint density at radius 3 is 2.83 bits per heavy atom. The Morgan fingerprint density at radius 1 is 1.67 bits per heavy atom. The van der Waals surface area contributed by atoms with Crippen LogP contribution in [0.1, 0.15) is 11.7 Å². The number of halogens is 1. The molecule has 0 radical (unpaired) electrons. The predicted molar refractivity (Wildman–Crippen MR) is 50.8 cm³/mol. The van der Waals surface area contributed by atoms with E-state index in [9.17, 15) is 0 Å². The van der Waals surface area contributed by atoms with Crippen LogP contribution in [0, 0.1) is 12.3 Å². The maximum Gasteiger partial charge on any atom is 0.123 e. The molecule has 0 aliphatic carbocycles. The smallest absolute Gasteiger partial charge is 0.123 e. The highest BCUT2D eigenvalue weighted by atomic mass is 79.9. The molecule has 0 aromatic carbocycles. The summed E-state index contributed by atoms with van der Waals surface area (Å²) in [5, 5.41) is 0. The molecule has 0 bridgehead atoms. The molecular formula is C8H8BrN3. The minimum Gasteiger partial charge on any atom is -0.270 e. The third-order valence-corrected chi connectivity index (χ3v) is 1.85. The van der Waals surface area contributed by atoms with Gasteiger partial charge in [-0.3, -0.25) is 10.8 Å². The van der Waals surface area contributed by atoms with E-state index in [1.807, 2.05) is 12.1 Å². The van der Waals surface area contributed by atoms with Crippen molar-refractivity contribution in [1.82, 2.24) is 10.4 Å². The number of rotatable bonds is 2. The van der Waals surface area contributed by atoms with Crippen molar-refractivity contribution in [2.24, 2.45) is 5.84 Å². The van der Waals surface area contributed by atoms with Gasteiger partial charge >= 0.3 is 0 Å². The lowest BCUT2D eigenvalue weighted by Gasteiger charge is -2.07. The average Bonchev–Trinajstić information content (AvgIpc) is 2.10. The molecule has 3 nitrogen and oxygen atoms in total. The van der Waals surface area contributed by atoms with Crippen molar-refractivity contribution in [3.05, 3.63) is 28.5 Å². The van der Waals surface area contributed by atoms with Crippen molar-refractivity contribution in [1.29, 1.82) is 0 Å². The first-order valence-corrected chi connectivity index (χ1v) is 4.11. The third kappa shape index (κ3) is 2.05. The number of nitrogens with zero attached hydrogens (tertiary/aromatic N) is 1. The summed E-state index contributed by atoms with van der Waals surface area (Å²) >= 11 is 3.27. The van der Waals surface area contributed by atoms with Gasteiger partial charge in [0.2, 0.25) is 0 Å². The first-order chi connectivity index (χ1) is 5.77. The lowest BCUT2D eigenvalue weighted by molar-refractivity contribution is 0.656. The zero-order valence-corrected chi connectivity index (χ0v) is 7.88. The fraction of sp³-hybridized carbons (Fsp3) is 0.125. The molecule has 0 aliphatic heterocycles. The summed E-state index contributed by atoms with van der Waals surface area (Å²) in [7, 11) is 0. The van der Waals surface area contributed by atoms with E-state index >= 15 is 0 Å². The van der Waals surface area contributed by atoms with Crippen LogP contribution in [0.4, 0.5) is 0 Å². The van der Waals surface area contributed by atoms with Crippen LogP contribution in [-0.2, 0) is 0 Å². The number of hydrogen-bond donors (Lipinski definition) is 2. The Labute approximate surface area is 79.5 Å². The van der Waals surface area contributed by atoms with E-state index in [4.69, 9.17) is 12.3 Å². The minimum atomic E-state index is -0.321. The Balaban J connectivity index is 2.89. The number of nitrogens with one attached hydrogen (secondary N) is 1. The highest BCUT2D eigenvalue weighted by Crippen LogP contribution is 2.11. The van der Waals surface area contributed by atoms with Crippen LogP contribution >= 0.6 is 15.9 Å². The van der Waals surface area contributed by atoms with Crippen molar-refractivity contribution in [2.75, 3.05) is 0 Å². The van der Waals surface area contributed by atoms with Crippen molar-refractivity contribution in [3.63, 3.8) is 0 Å². The van der Waals surface area contributed by atoms with E-state index < -0.39 is 0 Å². The zero-order valence-electron chi connectivity index (χ0n) is 6.29. The molecule has 12 heavy (non-hydrogen) atoms. The third-order valence-electron chi connectivity index (χ3n) is 1.38. The predicted octanol–water partition coefficient (Wildman–Crippen LogP) is 0.982. The van der Waals surface area contributed by atoms with Gasteiger partial charge in [-0.1, -0.05) is 5.92 Å². The van der Waals surface area contributed by atoms with Gasteiger partial charge < -0.3 is 0 Å². The Bertz CT molecular complexity index is 288. The molecule has 0 spiro atoms. The van der Waals surface area contributed by atoms with Gasteiger partial charge in [-0.15, -0.1) is 6.42 Å². The zero-order chi connectivity index (χ0) is 8.97. The molecule has 0 saturated heterocycles. The maximum absolute atomic E-state index is 5.21. The molecule has 1 rings (SSSR count). The summed E-state index contributed by atoms with van der Waals surface area (Å²) in [6, 6.07) is 3.36. The van der Waals surface area contributed by atoms with Crippen LogP contribution in [0.15, 0.2) is 22.8 Å². The molecule has 1 aromatic heterocycles. The Morgan fingerprint density at radius 2 is 2.42 bits per heavy atom. The monoisotopic (exact) mass is 225 g/mol. The minimum absolute atomic E-state index is 0.321. The van der Waals surface area contributed by atoms with Crippen LogP contribution in [0.25, 0.3) is 0 Å². The number of hydrazine groups is 1. The summed E-state index contributed by atoms with van der Waals surface area (Å²) in [5.41, 5.74) is 3.21. The van der Waals surface area contributed by atoms with Gasteiger partial charge in [-0.05, 0) is 28.1 Å². The molecule has 0 amide bonds. The number of terminal acetylenes is 1. The van der Waals surface area contributed by atoms with E-state index in [0.717, 1.165) is 10.2 Å². The summed E-state index contributed by atoms with van der Waals surface area (Å²) in [5.74, 6) is 7.68. The van der Waals surface area contributed by atoms with Crippen molar-refractivity contribution in [2.45, 2.75) is 6.04 Å². The van der Waals surface area contributed by atoms with Gasteiger partial charge in [-0.2, -0.15) is 0 Å². The first-order valence-electron chi connectivity index (χ1n) is 3.31. The standard InChI is InChI=1S/C8H8BrN3/c1-2-7(12-10)8-4-3-6(9)5-11-8/h1,3-5,7,12H,10H2. The van der Waals surface area contributed by atoms with Crippen molar-refractivity contribution < 1.29 is 0 Å². The summed E-state index contributed by atoms with van der Waals surface area (Å²) in [6.45, 7) is 0. The van der Waals surface area contributed by atoms with Gasteiger partial charge in [0.05, 0.1) is 5.69 Å². The summed E-state index contributed by atoms with van der Waals surface area (Å²) in [4.78, 5) is 4.09. The fourth-order valence-corrected chi connectivity index (χ4v) is 1.01. The normalized spacial score (nSPS) is 12.1. The van der Waals surface area contributed by atoms with Crippen LogP contribution in [0.3, 0.4) is 0 Å². The SMILES string of the molecule is C#CC(NN)c1ccc(Br)cn1. The molecule has 1 heterocycles. The first kappa shape index (κ1) is 9.20. The van der Waals surface area contributed by atoms with Crippen LogP contribution < -0.4 is 11.3 Å². The molecule has 1 unspecified atom stereocenters. The Kier molecular flexibility index (Phi) is 3.23. The largest absolute Gasteiger partial charge is 0.270 e. The van der Waals surface area contributed by atoms with E-state index in [0.29, 0.717) is 0 Å². The second kappa shape index (κ2) is 4.21. The van der Waals surface area contributed by atoms with Gasteiger partial charge in [0.15, 0.2) is 0 Å². The van der Waals surface area contributed by atoms with Crippen molar-refractivity contribution in [3.8, 4) is 12.3 Å². The second-order valence-corrected chi connectivity index (χ2v) is 3.08. The lowest BCUT2D eigenvalue weighted by Crippen LogP contribution is -2.27. The van der Waals surface area contributed by atoms with E-state index in [2.05, 4.69) is 32.3 Å². The van der Waals surface area contributed by atoms with E-state index in [1.165, 1.54) is 0 Å². The van der Waals surface area contributed by atoms with Crippen LogP contribution in [-0.4, -0.2) is 4.98 Å². The number of pyridine rings is 1. The second-order valence-electron chi connectivity index (χ2n) is 2.17. The highest BCUT2D eigenvalue weighted by Gasteiger charge is 2.05. The molecule has 0 saturated carbocycles. The molecular weight excluding hydrogens is 218 g/mol. The van der Waals surface area contributed by atoms with E-state index in [1.54, 1.807) is 6.20 Å². The molecule has 3 N–H and O–H groups in total. The number of nitrogens with two attached hydrogens (primary N) is 1. The molecule has 0 aliphatic rings. The molecule has 1 aromatic rings. The topological polar surface area (TPSA) is 50.9 Å². The highest BCUT2D eigenvalue weighted by molar-refractivity contribution is 9.10. The summed E-state index contributed by atoms with van der Waals surface area (Å²) < 4.78 is 0.916. The quantitative estimate of drug-likeness (QED) is 0.449. The van der Waals surface area contributed by atoms with Crippen LogP contribution in [0.5, 0.6) is 0 Å². The number of hydrogen-bond acceptors (Lipinski definition) is 3. The van der Waals surface area contributed by atoms with E-state index in [-0.39, 0.29) is 6.04 Å². The number of aromatic nitrogens is 1. The average molecular weight is 226 g/mol. The van der Waals surface area contributed by atoms with Gasteiger partial charge in [0, 0.05) is 10.7 Å². The fourth-order valence-electron chi connectivity index (χ4n) is 0.777. The lowest BCUT2D eigenvalue weighted by atomic mass is 10.2. The molecule has 4 heteroatoms. The molecule has 1 atom stereocenters. The van der Waals surface area contributed by atoms with Crippen LogP contribution in [0.2, 0.25) is 0 Å². The van der Waals surface area contributed by atoms with Gasteiger partial charge in [-0.25, -0.2) is 5.43 Å². The van der Waals surface area contributed by atoms with Gasteiger partial charge in [0.1, 0.15) is 6.04 Å². The Hall–Kier alpha value is -0.890. The molecule has 0 fully saturated rings. The van der Waals surface area contributed by atoms with Crippen molar-refractivity contribution >= 4 is 15.9 Å². The summed E-state index contributed by atoms with van der Waals surface area (Å²) in [6.07, 6.45) is 6.89. The maximum atomic E-state index is 5.21. The van der Waals surface area contributed by atoms with Gasteiger partial charge in [0.25, 0.3) is 0 Å².